The van der Waals surface area contributed by atoms with E-state index in [9.17, 15) is 9.59 Å². The molecule has 1 aliphatic heterocycles. The van der Waals surface area contributed by atoms with E-state index in [1.165, 1.54) is 11.3 Å². The molecule has 7 nitrogen and oxygen atoms in total. The number of rotatable bonds is 11. The number of methoxy groups -OCH3 is 2. The van der Waals surface area contributed by atoms with E-state index in [2.05, 4.69) is 48.3 Å². The summed E-state index contributed by atoms with van der Waals surface area (Å²) in [6.07, 6.45) is 0.788. The molecule has 43 heavy (non-hydrogen) atoms. The van der Waals surface area contributed by atoms with Crippen LogP contribution >= 0.6 is 0 Å². The lowest BCUT2D eigenvalue weighted by atomic mass is 9.78. The van der Waals surface area contributed by atoms with Crippen molar-refractivity contribution in [2.75, 3.05) is 43.7 Å². The van der Waals surface area contributed by atoms with Gasteiger partial charge in [-0.15, -0.1) is 0 Å². The number of carbonyl (C=O) groups excluding carboxylic acids is 2. The summed E-state index contributed by atoms with van der Waals surface area (Å²) in [5.41, 5.74) is 5.20. The number of fused-ring (bicyclic) bond motifs is 1. The van der Waals surface area contributed by atoms with Crippen LogP contribution in [0.25, 0.3) is 0 Å². The molecule has 1 aliphatic rings. The van der Waals surface area contributed by atoms with Gasteiger partial charge in [-0.2, -0.15) is 0 Å². The summed E-state index contributed by atoms with van der Waals surface area (Å²) in [6, 6.07) is 30.3. The van der Waals surface area contributed by atoms with E-state index >= 15 is 0 Å². The van der Waals surface area contributed by atoms with Gasteiger partial charge in [-0.3, -0.25) is 14.5 Å². The molecular weight excluding hydrogens is 538 g/mol. The predicted octanol–water partition coefficient (Wildman–Crippen LogP) is 6.53. The van der Waals surface area contributed by atoms with E-state index in [0.717, 1.165) is 30.6 Å². The highest BCUT2D eigenvalue weighted by Crippen LogP contribution is 2.45. The Labute approximate surface area is 254 Å². The summed E-state index contributed by atoms with van der Waals surface area (Å²) in [5, 5.41) is 3.21. The third kappa shape index (κ3) is 6.36. The zero-order valence-electron chi connectivity index (χ0n) is 25.2. The minimum absolute atomic E-state index is 0.113. The number of nitrogens with one attached hydrogen (secondary N) is 1. The Morgan fingerprint density at radius 2 is 1.56 bits per heavy atom. The lowest BCUT2D eigenvalue weighted by molar-refractivity contribution is -0.123. The Balaban J connectivity index is 1.46. The summed E-state index contributed by atoms with van der Waals surface area (Å²) in [6.45, 7) is 6.46. The average Bonchev–Trinajstić information content (AvgIpc) is 3.04. The van der Waals surface area contributed by atoms with Gasteiger partial charge < -0.3 is 19.7 Å². The molecule has 0 saturated carbocycles. The van der Waals surface area contributed by atoms with Crippen molar-refractivity contribution < 1.29 is 19.1 Å². The van der Waals surface area contributed by atoms with Crippen molar-refractivity contribution in [3.8, 4) is 11.5 Å². The van der Waals surface area contributed by atoms with Crippen LogP contribution < -0.4 is 24.6 Å². The minimum Gasteiger partial charge on any atom is -0.497 e. The number of nitrogens with zero attached hydrogens (tertiary/aromatic N) is 2. The van der Waals surface area contributed by atoms with Crippen molar-refractivity contribution in [1.29, 1.82) is 0 Å². The number of anilines is 2. The first-order valence-corrected chi connectivity index (χ1v) is 14.7. The molecule has 4 aromatic carbocycles. The van der Waals surface area contributed by atoms with Crippen LogP contribution in [0.5, 0.6) is 11.5 Å². The second-order valence-corrected chi connectivity index (χ2v) is 10.7. The Morgan fingerprint density at radius 3 is 2.21 bits per heavy atom. The lowest BCUT2D eigenvalue weighted by Gasteiger charge is -2.42. The monoisotopic (exact) mass is 577 g/mol. The second kappa shape index (κ2) is 13.5. The molecule has 2 amide bonds. The quantitative estimate of drug-likeness (QED) is 0.205. The van der Waals surface area contributed by atoms with Gasteiger partial charge >= 0.3 is 0 Å². The first kappa shape index (κ1) is 29.7. The first-order chi connectivity index (χ1) is 20.9. The molecule has 2 atom stereocenters. The smallest absolute Gasteiger partial charge is 0.259 e. The normalized spacial score (nSPS) is 15.9. The second-order valence-electron chi connectivity index (χ2n) is 10.7. The fraction of sp³-hybridized carbons (Fsp3) is 0.278. The first-order valence-electron chi connectivity index (χ1n) is 14.7. The molecule has 0 fully saturated rings. The predicted molar refractivity (Wildman–Crippen MR) is 171 cm³/mol. The third-order valence-electron chi connectivity index (χ3n) is 8.08. The summed E-state index contributed by atoms with van der Waals surface area (Å²) < 4.78 is 10.8. The van der Waals surface area contributed by atoms with E-state index in [1.807, 2.05) is 66.7 Å². The molecular formula is C36H39N3O4. The zero-order valence-corrected chi connectivity index (χ0v) is 25.2. The molecule has 0 radical (unpaired) electrons. The standard InChI is InChI=1S/C36H39N3O4/c1-5-38(28-11-8-10-25(2)24-28)23-9-22-37-35(40)33-31-12-6-7-13-32(31)36(41)39(27-16-20-30(43-4)21-17-27)34(33)26-14-18-29(42-3)19-15-26/h6-8,10-21,24,33-34H,5,9,22-23H2,1-4H3,(H,37,40). The van der Waals surface area contributed by atoms with Gasteiger partial charge in [0.1, 0.15) is 11.5 Å². The summed E-state index contributed by atoms with van der Waals surface area (Å²) in [5.74, 6) is 0.511. The summed E-state index contributed by atoms with van der Waals surface area (Å²) >= 11 is 0. The number of hydrogen-bond donors (Lipinski definition) is 1. The van der Waals surface area contributed by atoms with Gasteiger partial charge in [-0.25, -0.2) is 0 Å². The lowest BCUT2D eigenvalue weighted by Crippen LogP contribution is -2.48. The molecule has 0 aliphatic carbocycles. The van der Waals surface area contributed by atoms with Gasteiger partial charge in [0.2, 0.25) is 5.91 Å². The van der Waals surface area contributed by atoms with Gasteiger partial charge in [0, 0.05) is 36.6 Å². The van der Waals surface area contributed by atoms with Crippen molar-refractivity contribution in [2.24, 2.45) is 0 Å². The molecule has 0 aromatic heterocycles. The van der Waals surface area contributed by atoms with E-state index < -0.39 is 12.0 Å². The van der Waals surface area contributed by atoms with E-state index in [1.54, 1.807) is 25.2 Å². The fourth-order valence-electron chi connectivity index (χ4n) is 5.87. The molecule has 1 heterocycles. The Kier molecular flexibility index (Phi) is 9.30. The maximum atomic E-state index is 14.2. The molecule has 0 spiro atoms. The van der Waals surface area contributed by atoms with Crippen LogP contribution in [-0.2, 0) is 4.79 Å². The van der Waals surface area contributed by atoms with Crippen molar-refractivity contribution in [3.63, 3.8) is 0 Å². The Morgan fingerprint density at radius 1 is 0.884 bits per heavy atom. The number of benzene rings is 4. The van der Waals surface area contributed by atoms with Crippen molar-refractivity contribution in [1.82, 2.24) is 5.32 Å². The van der Waals surface area contributed by atoms with Crippen LogP contribution in [-0.4, -0.2) is 45.7 Å². The number of ether oxygens (including phenoxy) is 2. The number of carbonyl (C=O) groups is 2. The van der Waals surface area contributed by atoms with Gasteiger partial charge in [-0.05, 0) is 91.6 Å². The van der Waals surface area contributed by atoms with E-state index in [4.69, 9.17) is 9.47 Å². The van der Waals surface area contributed by atoms with Gasteiger partial charge in [-0.1, -0.05) is 42.5 Å². The number of hydrogen-bond acceptors (Lipinski definition) is 5. The molecule has 5 rings (SSSR count). The van der Waals surface area contributed by atoms with Crippen LogP contribution in [0.2, 0.25) is 0 Å². The van der Waals surface area contributed by atoms with Gasteiger partial charge in [0.05, 0.1) is 26.2 Å². The molecule has 1 N–H and O–H groups in total. The SMILES string of the molecule is CCN(CCCNC(=O)C1c2ccccc2C(=O)N(c2ccc(OC)cc2)C1c1ccc(OC)cc1)c1cccc(C)c1. The highest BCUT2D eigenvalue weighted by molar-refractivity contribution is 6.11. The molecule has 0 saturated heterocycles. The van der Waals surface area contributed by atoms with Crippen molar-refractivity contribution >= 4 is 23.2 Å². The summed E-state index contributed by atoms with van der Waals surface area (Å²) in [7, 11) is 3.23. The van der Waals surface area contributed by atoms with Crippen LogP contribution in [0.4, 0.5) is 11.4 Å². The maximum absolute atomic E-state index is 14.2. The van der Waals surface area contributed by atoms with Crippen molar-refractivity contribution in [3.05, 3.63) is 119 Å². The van der Waals surface area contributed by atoms with Crippen LogP contribution in [0, 0.1) is 6.92 Å². The van der Waals surface area contributed by atoms with Crippen molar-refractivity contribution in [2.45, 2.75) is 32.2 Å². The molecule has 7 heteroatoms. The zero-order chi connectivity index (χ0) is 30.3. The molecule has 222 valence electrons. The number of amides is 2. The fourth-order valence-corrected chi connectivity index (χ4v) is 5.87. The average molecular weight is 578 g/mol. The molecule has 0 bridgehead atoms. The topological polar surface area (TPSA) is 71.1 Å². The maximum Gasteiger partial charge on any atom is 0.259 e. The van der Waals surface area contributed by atoms with Crippen LogP contribution in [0.3, 0.4) is 0 Å². The van der Waals surface area contributed by atoms with Crippen LogP contribution in [0.15, 0.2) is 97.1 Å². The minimum atomic E-state index is -0.622. The molecule has 4 aromatic rings. The van der Waals surface area contributed by atoms with E-state index in [0.29, 0.717) is 29.3 Å². The van der Waals surface area contributed by atoms with Gasteiger partial charge in [0.15, 0.2) is 0 Å². The van der Waals surface area contributed by atoms with E-state index in [-0.39, 0.29) is 11.8 Å². The largest absolute Gasteiger partial charge is 0.497 e. The Bertz CT molecular complexity index is 1550. The Hall–Kier alpha value is -4.78. The summed E-state index contributed by atoms with van der Waals surface area (Å²) in [4.78, 5) is 32.3. The highest BCUT2D eigenvalue weighted by atomic mass is 16.5. The number of aryl methyl sites for hydroxylation is 1. The highest BCUT2D eigenvalue weighted by Gasteiger charge is 2.44. The van der Waals surface area contributed by atoms with Crippen LogP contribution in [0.1, 0.15) is 52.4 Å². The third-order valence-corrected chi connectivity index (χ3v) is 8.08. The van der Waals surface area contributed by atoms with Gasteiger partial charge in [0.25, 0.3) is 5.91 Å². The molecule has 2 unspecified atom stereocenters.